The smallest absolute Gasteiger partial charge is 0.401 e. The molecule has 1 atom stereocenters. The summed E-state index contributed by atoms with van der Waals surface area (Å²) in [7, 11) is 0. The molecular weight excluding hydrogens is 288 g/mol. The van der Waals surface area contributed by atoms with E-state index in [0.29, 0.717) is 0 Å². The van der Waals surface area contributed by atoms with Gasteiger partial charge < -0.3 is 5.11 Å². The third-order valence-corrected chi connectivity index (χ3v) is 0. The Kier molecular flexibility index (Phi) is 281. The van der Waals surface area contributed by atoms with E-state index in [4.69, 9.17) is 9.90 Å². The molecule has 0 aliphatic heterocycles. The molecule has 0 rings (SSSR count). The fourth-order valence-electron chi connectivity index (χ4n) is 0. The minimum Gasteiger partial charge on any atom is -0.469 e. The third kappa shape index (κ3) is 268. The van der Waals surface area contributed by atoms with Crippen molar-refractivity contribution in [1.82, 2.24) is 0 Å². The van der Waals surface area contributed by atoms with Gasteiger partial charge in [0.1, 0.15) is 0 Å². The maximum atomic E-state index is 8.77. The summed E-state index contributed by atoms with van der Waals surface area (Å²) in [5.74, 6) is 0. The summed E-state index contributed by atoms with van der Waals surface area (Å²) >= 11 is 4.19. The molecule has 0 heterocycles. The van der Waals surface area contributed by atoms with Gasteiger partial charge in [0, 0.05) is 11.6 Å². The van der Waals surface area contributed by atoms with Crippen LogP contribution in [0.3, 0.4) is 0 Å². The lowest BCUT2D eigenvalue weighted by molar-refractivity contribution is 0.220. The third-order valence-electron chi connectivity index (χ3n) is 0. The molecule has 72 valence electrons. The highest BCUT2D eigenvalue weighted by atomic mass is 35.5. The molecule has 0 aromatic heterocycles. The molecule has 0 bridgehead atoms. The quantitative estimate of drug-likeness (QED) is 0.551. The van der Waals surface area contributed by atoms with Gasteiger partial charge >= 0.3 is 5.43 Å². The average molecular weight is 297 g/mol. The van der Waals surface area contributed by atoms with Gasteiger partial charge in [0.15, 0.2) is 0 Å². The molecule has 9 heteroatoms. The van der Waals surface area contributed by atoms with E-state index in [-0.39, 0.29) is 71.9 Å². The largest absolute Gasteiger partial charge is 0.469 e. The molecule has 0 saturated heterocycles. The van der Waals surface area contributed by atoms with Crippen molar-refractivity contribution in [2.45, 2.75) is 0 Å². The molecule has 0 radical (unpaired) electrons. The monoisotopic (exact) mass is 294 g/mol. The van der Waals surface area contributed by atoms with E-state index in [2.05, 4.69) is 11.6 Å². The number of hydrogen-bond acceptors (Lipinski definition) is 1. The van der Waals surface area contributed by atoms with Crippen LogP contribution in [0.4, 0.5) is 4.79 Å². The zero-order valence-corrected chi connectivity index (χ0v) is 10.7. The zero-order valence-electron chi connectivity index (χ0n) is 4.48. The molecule has 0 fully saturated rings. The Bertz CT molecular complexity index is 38.7. The number of rotatable bonds is 0. The molecule has 2 nitrogen and oxygen atoms in total. The van der Waals surface area contributed by atoms with Crippen LogP contribution in [-0.2, 0) is 0 Å². The van der Waals surface area contributed by atoms with Crippen molar-refractivity contribution < 1.29 is 9.90 Å². The second-order valence-electron chi connectivity index (χ2n) is 0.253. The number of carboxylic acid groups (broad SMARTS) is 1. The molecule has 0 amide bonds. The summed E-state index contributed by atoms with van der Waals surface area (Å²) in [5.41, 5.74) is -1.36. The SMILES string of the molecule is Cl.Cl.Cl.Cl.Cl.O=C(O)Cl.P. The molecule has 10 heavy (non-hydrogen) atoms. The lowest BCUT2D eigenvalue weighted by Crippen LogP contribution is -1.66. The van der Waals surface area contributed by atoms with Crippen molar-refractivity contribution in [3.05, 3.63) is 0 Å². The maximum absolute atomic E-state index is 8.77. The predicted octanol–water partition coefficient (Wildman–Crippen LogP) is 3.07. The summed E-state index contributed by atoms with van der Waals surface area (Å²) in [4.78, 5) is 8.77. The first-order chi connectivity index (χ1) is 1.73. The van der Waals surface area contributed by atoms with Crippen molar-refractivity contribution >= 4 is 89.0 Å². The molecule has 0 aliphatic carbocycles. The van der Waals surface area contributed by atoms with Crippen LogP contribution < -0.4 is 0 Å². The Morgan fingerprint density at radius 1 is 1.00 bits per heavy atom. The van der Waals surface area contributed by atoms with Crippen LogP contribution in [0.15, 0.2) is 0 Å². The van der Waals surface area contributed by atoms with Gasteiger partial charge in [-0.05, 0) is 0 Å². The van der Waals surface area contributed by atoms with Crippen LogP contribution in [0.1, 0.15) is 0 Å². The summed E-state index contributed by atoms with van der Waals surface area (Å²) in [5, 5.41) is 7.18. The van der Waals surface area contributed by atoms with Gasteiger partial charge in [-0.1, -0.05) is 0 Å². The van der Waals surface area contributed by atoms with Crippen molar-refractivity contribution in [3.8, 4) is 0 Å². The Labute approximate surface area is 98.5 Å². The maximum Gasteiger partial charge on any atom is 0.401 e. The number of halogens is 6. The normalized spacial score (nSPS) is 2.50. The first-order valence-corrected chi connectivity index (χ1v) is 0.995. The van der Waals surface area contributed by atoms with Gasteiger partial charge in [0.2, 0.25) is 0 Å². The van der Waals surface area contributed by atoms with E-state index in [1.165, 1.54) is 0 Å². The van der Waals surface area contributed by atoms with E-state index >= 15 is 0 Å². The summed E-state index contributed by atoms with van der Waals surface area (Å²) in [6, 6.07) is 0. The van der Waals surface area contributed by atoms with E-state index in [0.717, 1.165) is 0 Å². The molecule has 1 N–H and O–H groups in total. The van der Waals surface area contributed by atoms with E-state index in [1.807, 2.05) is 0 Å². The van der Waals surface area contributed by atoms with Crippen LogP contribution in [0.2, 0.25) is 0 Å². The van der Waals surface area contributed by atoms with Gasteiger partial charge in [-0.2, -0.15) is 9.90 Å². The average Bonchev–Trinajstić information content (AvgIpc) is 0.811. The molecule has 0 spiro atoms. The van der Waals surface area contributed by atoms with E-state index in [1.54, 1.807) is 0 Å². The van der Waals surface area contributed by atoms with Gasteiger partial charge in [0.05, 0.1) is 0 Å². The molecule has 0 aliphatic rings. The highest BCUT2D eigenvalue weighted by molar-refractivity contribution is 6.92. The zero-order chi connectivity index (χ0) is 3.58. The van der Waals surface area contributed by atoms with Crippen molar-refractivity contribution in [1.29, 1.82) is 0 Å². The molecule has 0 aromatic carbocycles. The van der Waals surface area contributed by atoms with Crippen LogP contribution in [0, 0.1) is 0 Å². The van der Waals surface area contributed by atoms with Crippen molar-refractivity contribution in [3.63, 3.8) is 0 Å². The standard InChI is InChI=1S/CHClO2.5ClH.H3P/c2-1(3)4;;;;;;/h(H,3,4);5*1H;1H3. The number of hydrogen-bond donors (Lipinski definition) is 1. The Morgan fingerprint density at radius 3 is 1.00 bits per heavy atom. The van der Waals surface area contributed by atoms with E-state index < -0.39 is 5.43 Å². The fraction of sp³-hybridized carbons (Fsp3) is 0. The Morgan fingerprint density at radius 2 is 1.00 bits per heavy atom. The highest BCUT2D eigenvalue weighted by Gasteiger charge is 1.71. The first-order valence-electron chi connectivity index (χ1n) is 0.617. The van der Waals surface area contributed by atoms with E-state index in [9.17, 15) is 0 Å². The first kappa shape index (κ1) is 61.2. The molecule has 0 saturated carbocycles. The Hall–Kier alpha value is 1.64. The second-order valence-corrected chi connectivity index (χ2v) is 0.576. The van der Waals surface area contributed by atoms with Crippen LogP contribution in [0.25, 0.3) is 0 Å². The summed E-state index contributed by atoms with van der Waals surface area (Å²) in [6.07, 6.45) is 0. The Balaban J connectivity index is -0.00000000300. The minimum absolute atomic E-state index is 0. The van der Waals surface area contributed by atoms with Crippen LogP contribution in [0.5, 0.6) is 0 Å². The molecular formula is CH9Cl6O2P. The second kappa shape index (κ2) is 45.9. The molecule has 0 aromatic rings. The van der Waals surface area contributed by atoms with Gasteiger partial charge in [0.25, 0.3) is 0 Å². The van der Waals surface area contributed by atoms with Crippen LogP contribution >= 0.6 is 83.5 Å². The fourth-order valence-corrected chi connectivity index (χ4v) is 0. The van der Waals surface area contributed by atoms with Crippen LogP contribution in [-0.4, -0.2) is 10.5 Å². The summed E-state index contributed by atoms with van der Waals surface area (Å²) in [6.45, 7) is 0. The van der Waals surface area contributed by atoms with Crippen molar-refractivity contribution in [2.24, 2.45) is 0 Å². The lowest BCUT2D eigenvalue weighted by Gasteiger charge is -1.55. The topological polar surface area (TPSA) is 37.3 Å². The molecule has 1 unspecified atom stereocenters. The van der Waals surface area contributed by atoms with Gasteiger partial charge in [-0.3, -0.25) is 0 Å². The number of carbonyl (C=O) groups is 1. The summed E-state index contributed by atoms with van der Waals surface area (Å²) < 4.78 is 0. The van der Waals surface area contributed by atoms with Gasteiger partial charge in [-0.15, -0.1) is 62.0 Å². The predicted molar refractivity (Wildman–Crippen MR) is 61.2 cm³/mol. The van der Waals surface area contributed by atoms with Crippen molar-refractivity contribution in [2.75, 3.05) is 0 Å². The lowest BCUT2D eigenvalue weighted by atomic mass is 11.6. The highest BCUT2D eigenvalue weighted by Crippen LogP contribution is 1.67. The van der Waals surface area contributed by atoms with Gasteiger partial charge in [-0.25, -0.2) is 4.79 Å². The minimum atomic E-state index is -1.36.